The van der Waals surface area contributed by atoms with E-state index in [1.54, 1.807) is 10.7 Å². The lowest BCUT2D eigenvalue weighted by molar-refractivity contribution is 0.661. The molecular formula is C9H13N7. The fourth-order valence-electron chi connectivity index (χ4n) is 1.28. The molecule has 0 aliphatic carbocycles. The average molecular weight is 219 g/mol. The van der Waals surface area contributed by atoms with Crippen LogP contribution in [0.3, 0.4) is 0 Å². The summed E-state index contributed by atoms with van der Waals surface area (Å²) in [6.07, 6.45) is 1.83. The molecule has 0 unspecified atom stereocenters. The number of aryl methyl sites for hydroxylation is 1. The molecule has 0 bridgehead atoms. The smallest absolute Gasteiger partial charge is 0.184 e. The van der Waals surface area contributed by atoms with Crippen LogP contribution in [0, 0.1) is 0 Å². The fourth-order valence-corrected chi connectivity index (χ4v) is 1.28. The van der Waals surface area contributed by atoms with E-state index in [4.69, 9.17) is 17.2 Å². The molecular weight excluding hydrogens is 206 g/mol. The summed E-state index contributed by atoms with van der Waals surface area (Å²) >= 11 is 0. The lowest BCUT2D eigenvalue weighted by atomic mass is 10.3. The molecule has 2 rings (SSSR count). The van der Waals surface area contributed by atoms with E-state index < -0.39 is 0 Å². The van der Waals surface area contributed by atoms with Crippen molar-refractivity contribution in [1.29, 1.82) is 0 Å². The number of nitrogen functional groups attached to an aromatic ring is 3. The summed E-state index contributed by atoms with van der Waals surface area (Å²) in [4.78, 5) is 8.07. The van der Waals surface area contributed by atoms with E-state index in [1.807, 2.05) is 13.1 Å². The van der Waals surface area contributed by atoms with Gasteiger partial charge in [0.15, 0.2) is 17.5 Å². The number of nitrogens with zero attached hydrogens (tertiary/aromatic N) is 4. The van der Waals surface area contributed by atoms with Crippen LogP contribution in [0.5, 0.6) is 0 Å². The highest BCUT2D eigenvalue weighted by atomic mass is 15.3. The lowest BCUT2D eigenvalue weighted by Crippen LogP contribution is -2.07. The lowest BCUT2D eigenvalue weighted by Gasteiger charge is -2.04. The van der Waals surface area contributed by atoms with E-state index in [1.165, 1.54) is 0 Å². The minimum absolute atomic E-state index is 0.175. The highest BCUT2D eigenvalue weighted by Crippen LogP contribution is 2.22. The minimum atomic E-state index is 0.175. The number of aromatic nitrogens is 4. The summed E-state index contributed by atoms with van der Waals surface area (Å²) < 4.78 is 1.77. The molecule has 0 saturated heterocycles. The third-order valence-electron chi connectivity index (χ3n) is 2.20. The van der Waals surface area contributed by atoms with Crippen LogP contribution in [0.15, 0.2) is 12.3 Å². The van der Waals surface area contributed by atoms with Crippen molar-refractivity contribution in [2.45, 2.75) is 13.5 Å². The van der Waals surface area contributed by atoms with Gasteiger partial charge in [-0.15, -0.1) is 0 Å². The molecule has 0 atom stereocenters. The van der Waals surface area contributed by atoms with Crippen LogP contribution in [-0.2, 0) is 6.54 Å². The third kappa shape index (κ3) is 1.62. The Balaban J connectivity index is 2.48. The first-order valence-corrected chi connectivity index (χ1v) is 4.84. The molecule has 16 heavy (non-hydrogen) atoms. The zero-order chi connectivity index (χ0) is 11.7. The van der Waals surface area contributed by atoms with Gasteiger partial charge in [0.05, 0.1) is 0 Å². The van der Waals surface area contributed by atoms with Gasteiger partial charge in [-0.2, -0.15) is 5.10 Å². The molecule has 7 heteroatoms. The molecule has 7 nitrogen and oxygen atoms in total. The molecule has 0 aliphatic rings. The van der Waals surface area contributed by atoms with Crippen molar-refractivity contribution < 1.29 is 0 Å². The Kier molecular flexibility index (Phi) is 2.35. The second-order valence-electron chi connectivity index (χ2n) is 3.29. The van der Waals surface area contributed by atoms with Crippen LogP contribution in [0.25, 0.3) is 11.5 Å². The van der Waals surface area contributed by atoms with Crippen molar-refractivity contribution in [2.24, 2.45) is 0 Å². The van der Waals surface area contributed by atoms with Gasteiger partial charge in [0.25, 0.3) is 0 Å². The van der Waals surface area contributed by atoms with Gasteiger partial charge >= 0.3 is 0 Å². The first-order chi connectivity index (χ1) is 7.61. The van der Waals surface area contributed by atoms with Crippen LogP contribution in [-0.4, -0.2) is 19.7 Å². The van der Waals surface area contributed by atoms with Gasteiger partial charge in [-0.05, 0) is 13.0 Å². The van der Waals surface area contributed by atoms with E-state index in [2.05, 4.69) is 15.1 Å². The Morgan fingerprint density at radius 3 is 2.31 bits per heavy atom. The monoisotopic (exact) mass is 219 g/mol. The number of rotatable bonds is 2. The molecule has 0 amide bonds. The topological polar surface area (TPSA) is 122 Å². The average Bonchev–Trinajstić information content (AvgIpc) is 2.73. The number of hydrogen-bond donors (Lipinski definition) is 3. The van der Waals surface area contributed by atoms with Gasteiger partial charge in [0.1, 0.15) is 11.4 Å². The van der Waals surface area contributed by atoms with Crippen molar-refractivity contribution in [3.63, 3.8) is 0 Å². The van der Waals surface area contributed by atoms with Crippen LogP contribution in [0.1, 0.15) is 6.92 Å². The van der Waals surface area contributed by atoms with E-state index >= 15 is 0 Å². The molecule has 0 saturated carbocycles. The van der Waals surface area contributed by atoms with Crippen molar-refractivity contribution in [2.75, 3.05) is 17.2 Å². The van der Waals surface area contributed by atoms with Crippen molar-refractivity contribution >= 4 is 17.3 Å². The molecule has 2 aromatic heterocycles. The van der Waals surface area contributed by atoms with Crippen LogP contribution < -0.4 is 17.2 Å². The fraction of sp³-hybridized carbons (Fsp3) is 0.222. The minimum Gasteiger partial charge on any atom is -0.393 e. The molecule has 0 fully saturated rings. The maximum atomic E-state index is 5.61. The summed E-state index contributed by atoms with van der Waals surface area (Å²) in [5.74, 6) is 0.735. The van der Waals surface area contributed by atoms with E-state index in [0.717, 1.165) is 6.54 Å². The largest absolute Gasteiger partial charge is 0.393 e. The van der Waals surface area contributed by atoms with Crippen LogP contribution in [0.4, 0.5) is 17.3 Å². The predicted octanol–water partition coefficient (Wildman–Crippen LogP) is 0.107. The summed E-state index contributed by atoms with van der Waals surface area (Å²) in [5, 5.41) is 4.25. The Labute approximate surface area is 92.3 Å². The Morgan fingerprint density at radius 2 is 1.81 bits per heavy atom. The Hall–Kier alpha value is -2.31. The molecule has 0 radical (unpaired) electrons. The normalized spacial score (nSPS) is 10.6. The first kappa shape index (κ1) is 10.2. The van der Waals surface area contributed by atoms with Crippen LogP contribution >= 0.6 is 0 Å². The number of anilines is 3. The zero-order valence-corrected chi connectivity index (χ0v) is 8.88. The molecule has 2 heterocycles. The van der Waals surface area contributed by atoms with E-state index in [9.17, 15) is 0 Å². The van der Waals surface area contributed by atoms with Crippen molar-refractivity contribution in [1.82, 2.24) is 19.7 Å². The maximum Gasteiger partial charge on any atom is 0.184 e. The van der Waals surface area contributed by atoms with Crippen LogP contribution in [0.2, 0.25) is 0 Å². The van der Waals surface area contributed by atoms with Gasteiger partial charge < -0.3 is 17.2 Å². The van der Waals surface area contributed by atoms with Crippen molar-refractivity contribution in [3.05, 3.63) is 12.3 Å². The van der Waals surface area contributed by atoms with E-state index in [0.29, 0.717) is 11.5 Å². The zero-order valence-electron chi connectivity index (χ0n) is 8.88. The number of hydrogen-bond acceptors (Lipinski definition) is 6. The summed E-state index contributed by atoms with van der Waals surface area (Å²) in [5.41, 5.74) is 17.6. The molecule has 84 valence electrons. The van der Waals surface area contributed by atoms with Crippen molar-refractivity contribution in [3.8, 4) is 11.5 Å². The van der Waals surface area contributed by atoms with E-state index in [-0.39, 0.29) is 17.3 Å². The highest BCUT2D eigenvalue weighted by Gasteiger charge is 2.10. The predicted molar refractivity (Wildman–Crippen MR) is 62.2 cm³/mol. The molecule has 2 aromatic rings. The Bertz CT molecular complexity index is 493. The number of nitrogens with two attached hydrogens (primary N) is 3. The van der Waals surface area contributed by atoms with Gasteiger partial charge in [0, 0.05) is 12.7 Å². The molecule has 6 N–H and O–H groups in total. The Morgan fingerprint density at radius 1 is 1.19 bits per heavy atom. The van der Waals surface area contributed by atoms with Gasteiger partial charge in [-0.3, -0.25) is 4.68 Å². The van der Waals surface area contributed by atoms with Gasteiger partial charge in [-0.25, -0.2) is 9.97 Å². The summed E-state index contributed by atoms with van der Waals surface area (Å²) in [6, 6.07) is 1.80. The standard InChI is InChI=1S/C9H13N7/c1-2-16-4-3-5(15-16)9-13-7(11)6(10)8(12)14-9/h3-4H,2,10H2,1H3,(H4,11,12,13,14). The summed E-state index contributed by atoms with van der Waals surface area (Å²) in [6.45, 7) is 2.77. The summed E-state index contributed by atoms with van der Waals surface area (Å²) in [7, 11) is 0. The molecule has 0 aliphatic heterocycles. The molecule has 0 spiro atoms. The maximum absolute atomic E-state index is 5.61. The quantitative estimate of drug-likeness (QED) is 0.658. The van der Waals surface area contributed by atoms with Gasteiger partial charge in [-0.1, -0.05) is 0 Å². The first-order valence-electron chi connectivity index (χ1n) is 4.84. The van der Waals surface area contributed by atoms with Gasteiger partial charge in [0.2, 0.25) is 0 Å². The SMILES string of the molecule is CCn1ccc(-c2nc(N)c(N)c(N)n2)n1. The second-order valence-corrected chi connectivity index (χ2v) is 3.29. The third-order valence-corrected chi connectivity index (χ3v) is 2.20. The highest BCUT2D eigenvalue weighted by molar-refractivity contribution is 5.73. The molecule has 0 aromatic carbocycles. The second kappa shape index (κ2) is 3.69.